The Morgan fingerprint density at radius 1 is 1.03 bits per heavy atom. The van der Waals surface area contributed by atoms with Gasteiger partial charge in [0.1, 0.15) is 11.2 Å². The fraction of sp³-hybridized carbons (Fsp3) is 0.522. The van der Waals surface area contributed by atoms with Crippen molar-refractivity contribution in [1.29, 1.82) is 0 Å². The van der Waals surface area contributed by atoms with Crippen LogP contribution in [0.4, 0.5) is 14.0 Å². The number of methoxy groups -OCH3 is 1. The number of nitrogens with zero attached hydrogens (tertiary/aromatic N) is 4. The zero-order valence-corrected chi connectivity index (χ0v) is 21.2. The highest BCUT2D eigenvalue weighted by Crippen LogP contribution is 2.29. The van der Waals surface area contributed by atoms with E-state index in [2.05, 4.69) is 10.3 Å². The summed E-state index contributed by atoms with van der Waals surface area (Å²) in [5.41, 5.74) is -2.03. The van der Waals surface area contributed by atoms with Crippen LogP contribution in [0.5, 0.6) is 5.75 Å². The van der Waals surface area contributed by atoms with Crippen LogP contribution < -0.4 is 4.74 Å². The predicted octanol–water partition coefficient (Wildman–Crippen LogP) is 4.26. The fourth-order valence-electron chi connectivity index (χ4n) is 2.79. The van der Waals surface area contributed by atoms with Gasteiger partial charge in [0.05, 0.1) is 32.1 Å². The number of amides is 2. The molecule has 0 unspecified atom stereocenters. The van der Waals surface area contributed by atoms with Gasteiger partial charge in [-0.1, -0.05) is 5.21 Å². The molecule has 11 nitrogen and oxygen atoms in total. The molecule has 1 heterocycles. The molecule has 0 aliphatic rings. The van der Waals surface area contributed by atoms with Crippen molar-refractivity contribution in [2.75, 3.05) is 13.7 Å². The molecule has 0 aliphatic carbocycles. The Morgan fingerprint density at radius 3 is 2.09 bits per heavy atom. The Labute approximate surface area is 203 Å². The molecule has 0 spiro atoms. The number of benzene rings is 1. The number of rotatable bonds is 6. The Morgan fingerprint density at radius 2 is 1.60 bits per heavy atom. The van der Waals surface area contributed by atoms with Crippen LogP contribution in [0.15, 0.2) is 18.3 Å². The highest BCUT2D eigenvalue weighted by atomic mass is 19.1. The minimum atomic E-state index is -1.04. The first kappa shape index (κ1) is 27.5. The van der Waals surface area contributed by atoms with Crippen LogP contribution in [0.3, 0.4) is 0 Å². The molecule has 0 aliphatic heterocycles. The Balaban J connectivity index is 2.58. The maximum Gasteiger partial charge on any atom is 0.420 e. The summed E-state index contributed by atoms with van der Waals surface area (Å²) in [5.74, 6) is -1.70. The van der Waals surface area contributed by atoms with Crippen molar-refractivity contribution in [3.63, 3.8) is 0 Å². The third-order valence-corrected chi connectivity index (χ3v) is 4.17. The second-order valence-electron chi connectivity index (χ2n) is 9.40. The van der Waals surface area contributed by atoms with Crippen LogP contribution in [0.1, 0.15) is 64.5 Å². The summed E-state index contributed by atoms with van der Waals surface area (Å²) in [4.78, 5) is 38.5. The first-order valence-electron chi connectivity index (χ1n) is 10.9. The van der Waals surface area contributed by atoms with Crippen LogP contribution in [0, 0.1) is 5.82 Å². The molecular weight excluding hydrogens is 463 g/mol. The lowest BCUT2D eigenvalue weighted by Gasteiger charge is -2.29. The Kier molecular flexibility index (Phi) is 8.42. The minimum Gasteiger partial charge on any atom is -0.494 e. The molecule has 12 heteroatoms. The summed E-state index contributed by atoms with van der Waals surface area (Å²) >= 11 is 0. The molecule has 0 radical (unpaired) electrons. The van der Waals surface area contributed by atoms with Crippen LogP contribution >= 0.6 is 0 Å². The maximum absolute atomic E-state index is 15.5. The molecule has 2 aromatic rings. The van der Waals surface area contributed by atoms with Crippen molar-refractivity contribution in [2.45, 2.75) is 66.2 Å². The van der Waals surface area contributed by atoms with E-state index in [4.69, 9.17) is 18.9 Å². The molecule has 0 saturated heterocycles. The van der Waals surface area contributed by atoms with Crippen molar-refractivity contribution >= 4 is 18.2 Å². The average Bonchev–Trinajstić information content (AvgIpc) is 3.20. The molecule has 1 aromatic carbocycles. The highest BCUT2D eigenvalue weighted by molar-refractivity contribution is 5.88. The number of carbonyl (C=O) groups excluding carboxylic acids is 3. The molecule has 2 amide bonds. The summed E-state index contributed by atoms with van der Waals surface area (Å²) < 4.78 is 37.3. The number of carbonyl (C=O) groups is 3. The van der Waals surface area contributed by atoms with Gasteiger partial charge in [-0.3, -0.25) is 0 Å². The van der Waals surface area contributed by atoms with Crippen molar-refractivity contribution in [3.05, 3.63) is 35.4 Å². The van der Waals surface area contributed by atoms with E-state index < -0.39 is 41.7 Å². The topological polar surface area (TPSA) is 122 Å². The van der Waals surface area contributed by atoms with Crippen molar-refractivity contribution in [2.24, 2.45) is 0 Å². The standard InChI is InChI=1S/C23H31FN4O7/c1-9-33-19(29)15-13-28(26-25-15)16-10-11-17(32-8)18(24)14(16)12-27(20(30)34-22(2,3)4)21(31)35-23(5,6)7/h10-11,13H,9,12H2,1-8H3. The number of esters is 1. The van der Waals surface area contributed by atoms with Gasteiger partial charge in [0.2, 0.25) is 0 Å². The Bertz CT molecular complexity index is 1060. The molecule has 1 aromatic heterocycles. The molecule has 0 saturated carbocycles. The van der Waals surface area contributed by atoms with E-state index in [-0.39, 0.29) is 29.3 Å². The summed E-state index contributed by atoms with van der Waals surface area (Å²) in [6.45, 7) is 10.9. The lowest BCUT2D eigenvalue weighted by atomic mass is 10.1. The summed E-state index contributed by atoms with van der Waals surface area (Å²) in [7, 11) is 1.27. The normalized spacial score (nSPS) is 11.6. The molecule has 2 rings (SSSR count). The molecule has 0 atom stereocenters. The van der Waals surface area contributed by atoms with E-state index in [0.29, 0.717) is 4.90 Å². The first-order chi connectivity index (χ1) is 16.2. The fourth-order valence-corrected chi connectivity index (χ4v) is 2.79. The molecule has 192 valence electrons. The van der Waals surface area contributed by atoms with Crippen molar-refractivity contribution < 1.29 is 37.7 Å². The van der Waals surface area contributed by atoms with E-state index in [1.54, 1.807) is 48.5 Å². The van der Waals surface area contributed by atoms with Gasteiger partial charge >= 0.3 is 18.2 Å². The van der Waals surface area contributed by atoms with Gasteiger partial charge in [-0.05, 0) is 60.6 Å². The largest absolute Gasteiger partial charge is 0.494 e. The summed E-state index contributed by atoms with van der Waals surface area (Å²) in [6.07, 6.45) is -0.829. The SMILES string of the molecule is CCOC(=O)c1cn(-c2ccc(OC)c(F)c2CN(C(=O)OC(C)(C)C)C(=O)OC(C)(C)C)nn1. The van der Waals surface area contributed by atoms with Gasteiger partial charge in [0.15, 0.2) is 17.3 Å². The quantitative estimate of drug-likeness (QED) is 0.428. The zero-order valence-electron chi connectivity index (χ0n) is 21.2. The van der Waals surface area contributed by atoms with E-state index >= 15 is 4.39 Å². The molecule has 0 bridgehead atoms. The monoisotopic (exact) mass is 494 g/mol. The lowest BCUT2D eigenvalue weighted by Crippen LogP contribution is -2.43. The van der Waals surface area contributed by atoms with Crippen molar-refractivity contribution in [1.82, 2.24) is 19.9 Å². The van der Waals surface area contributed by atoms with Crippen LogP contribution in [0.2, 0.25) is 0 Å². The molecule has 0 fully saturated rings. The third-order valence-electron chi connectivity index (χ3n) is 4.17. The average molecular weight is 495 g/mol. The second-order valence-corrected chi connectivity index (χ2v) is 9.40. The number of halogens is 1. The maximum atomic E-state index is 15.5. The number of hydrogen-bond donors (Lipinski definition) is 0. The highest BCUT2D eigenvalue weighted by Gasteiger charge is 2.33. The molecule has 35 heavy (non-hydrogen) atoms. The second kappa shape index (κ2) is 10.7. The number of ether oxygens (including phenoxy) is 4. The van der Waals surface area contributed by atoms with Crippen LogP contribution in [-0.2, 0) is 20.8 Å². The van der Waals surface area contributed by atoms with E-state index in [1.807, 2.05) is 0 Å². The number of aromatic nitrogens is 3. The van der Waals surface area contributed by atoms with Gasteiger partial charge in [0.25, 0.3) is 0 Å². The lowest BCUT2D eigenvalue weighted by molar-refractivity contribution is -0.000453. The van der Waals surface area contributed by atoms with Gasteiger partial charge in [-0.15, -0.1) is 5.10 Å². The van der Waals surface area contributed by atoms with Gasteiger partial charge < -0.3 is 18.9 Å². The third kappa shape index (κ3) is 7.39. The zero-order chi connectivity index (χ0) is 26.6. The van der Waals surface area contributed by atoms with Crippen LogP contribution in [-0.4, -0.2) is 63.0 Å². The summed E-state index contributed by atoms with van der Waals surface area (Å²) in [6, 6.07) is 2.79. The van der Waals surface area contributed by atoms with E-state index in [1.165, 1.54) is 25.4 Å². The molecular formula is C23H31FN4O7. The number of hydrogen-bond acceptors (Lipinski definition) is 9. The van der Waals surface area contributed by atoms with E-state index in [0.717, 1.165) is 4.68 Å². The predicted molar refractivity (Wildman–Crippen MR) is 122 cm³/mol. The minimum absolute atomic E-state index is 0.100. The number of imide groups is 1. The summed E-state index contributed by atoms with van der Waals surface area (Å²) in [5, 5.41) is 7.63. The molecule has 0 N–H and O–H groups in total. The van der Waals surface area contributed by atoms with Crippen LogP contribution in [0.25, 0.3) is 5.69 Å². The smallest absolute Gasteiger partial charge is 0.420 e. The van der Waals surface area contributed by atoms with Crippen molar-refractivity contribution in [3.8, 4) is 11.4 Å². The van der Waals surface area contributed by atoms with E-state index in [9.17, 15) is 14.4 Å². The van der Waals surface area contributed by atoms with Gasteiger partial charge in [-0.25, -0.2) is 28.4 Å². The Hall–Kier alpha value is -3.70. The first-order valence-corrected chi connectivity index (χ1v) is 10.9. The van der Waals surface area contributed by atoms with Gasteiger partial charge in [0, 0.05) is 5.56 Å². The van der Waals surface area contributed by atoms with Gasteiger partial charge in [-0.2, -0.15) is 0 Å².